The molecule has 0 atom stereocenters. The number of hydrogen-bond donors (Lipinski definition) is 1. The molecule has 1 aromatic rings. The van der Waals surface area contributed by atoms with E-state index in [-0.39, 0.29) is 11.8 Å². The number of carbonyl (C=O) groups excluding carboxylic acids is 2. The number of hydrogen-bond acceptors (Lipinski definition) is 2. The van der Waals surface area contributed by atoms with Crippen LogP contribution in [-0.2, 0) is 9.59 Å². The van der Waals surface area contributed by atoms with E-state index in [9.17, 15) is 9.59 Å². The molecule has 0 bridgehead atoms. The lowest BCUT2D eigenvalue weighted by atomic mass is 10.0. The minimum Gasteiger partial charge on any atom is -0.342 e. The van der Waals surface area contributed by atoms with Crippen molar-refractivity contribution >= 4 is 33.4 Å². The van der Waals surface area contributed by atoms with E-state index in [0.717, 1.165) is 30.4 Å². The van der Waals surface area contributed by atoms with Crippen LogP contribution in [0, 0.1) is 5.41 Å². The minimum absolute atomic E-state index is 0.0132. The Morgan fingerprint density at radius 1 is 1.18 bits per heavy atom. The maximum atomic E-state index is 12.8. The molecule has 0 radical (unpaired) electrons. The third kappa shape index (κ3) is 3.51. The number of para-hydroxylation sites is 1. The van der Waals surface area contributed by atoms with Gasteiger partial charge in [-0.1, -0.05) is 26.0 Å². The second kappa shape index (κ2) is 7.27. The van der Waals surface area contributed by atoms with Crippen molar-refractivity contribution in [3.63, 3.8) is 0 Å². The van der Waals surface area contributed by atoms with Gasteiger partial charge in [0, 0.05) is 17.6 Å². The van der Waals surface area contributed by atoms with Crippen molar-refractivity contribution in [3.05, 3.63) is 28.7 Å². The molecule has 0 spiro atoms. The fourth-order valence-electron chi connectivity index (χ4n) is 2.62. The van der Waals surface area contributed by atoms with Crippen LogP contribution >= 0.6 is 15.9 Å². The van der Waals surface area contributed by atoms with E-state index >= 15 is 0 Å². The molecule has 22 heavy (non-hydrogen) atoms. The van der Waals surface area contributed by atoms with Crippen molar-refractivity contribution in [1.82, 2.24) is 4.90 Å². The first-order valence-corrected chi connectivity index (χ1v) is 8.69. The number of amides is 2. The summed E-state index contributed by atoms with van der Waals surface area (Å²) in [5, 5.41) is 2.90. The smallest absolute Gasteiger partial charge is 0.240 e. The highest BCUT2D eigenvalue weighted by Crippen LogP contribution is 2.48. The summed E-state index contributed by atoms with van der Waals surface area (Å²) in [6.07, 6.45) is 3.11. The number of nitrogens with one attached hydrogen (secondary N) is 1. The lowest BCUT2D eigenvalue weighted by Gasteiger charge is -2.26. The van der Waals surface area contributed by atoms with Gasteiger partial charge < -0.3 is 10.2 Å². The largest absolute Gasteiger partial charge is 0.342 e. The van der Waals surface area contributed by atoms with Gasteiger partial charge in [-0.15, -0.1) is 0 Å². The standard InChI is InChI=1S/C17H23BrN2O2/c1-3-11-20(12-4-2)16(22)17(9-10-17)15(21)19-14-8-6-5-7-13(14)18/h5-8H,3-4,9-12H2,1-2H3,(H,19,21). The van der Waals surface area contributed by atoms with Gasteiger partial charge in [0.15, 0.2) is 0 Å². The Bertz CT molecular complexity index is 549. The molecule has 0 aromatic heterocycles. The second-order valence-corrected chi connectivity index (χ2v) is 6.66. The predicted octanol–water partition coefficient (Wildman–Crippen LogP) is 3.82. The summed E-state index contributed by atoms with van der Waals surface area (Å²) in [5.41, 5.74) is -0.135. The average molecular weight is 367 g/mol. The molecular weight excluding hydrogens is 344 g/mol. The van der Waals surface area contributed by atoms with Crippen LogP contribution in [0.3, 0.4) is 0 Å². The zero-order chi connectivity index (χ0) is 16.2. The molecule has 0 heterocycles. The molecule has 120 valence electrons. The molecular formula is C17H23BrN2O2. The van der Waals surface area contributed by atoms with Crippen molar-refractivity contribution in [1.29, 1.82) is 0 Å². The van der Waals surface area contributed by atoms with Gasteiger partial charge in [-0.05, 0) is 53.7 Å². The van der Waals surface area contributed by atoms with Gasteiger partial charge >= 0.3 is 0 Å². The molecule has 0 aliphatic heterocycles. The second-order valence-electron chi connectivity index (χ2n) is 5.81. The van der Waals surface area contributed by atoms with E-state index in [1.54, 1.807) is 0 Å². The molecule has 5 heteroatoms. The molecule has 1 aliphatic carbocycles. The van der Waals surface area contributed by atoms with Crippen LogP contribution in [0.1, 0.15) is 39.5 Å². The van der Waals surface area contributed by atoms with Crippen molar-refractivity contribution in [2.75, 3.05) is 18.4 Å². The zero-order valence-corrected chi connectivity index (χ0v) is 14.8. The first kappa shape index (κ1) is 17.0. The molecule has 0 unspecified atom stereocenters. The summed E-state index contributed by atoms with van der Waals surface area (Å²) in [5.74, 6) is -0.192. The highest BCUT2D eigenvalue weighted by Gasteiger charge is 2.57. The number of halogens is 1. The molecule has 1 aliphatic rings. The van der Waals surface area contributed by atoms with E-state index in [2.05, 4.69) is 35.1 Å². The van der Waals surface area contributed by atoms with Crippen LogP contribution in [0.2, 0.25) is 0 Å². The van der Waals surface area contributed by atoms with E-state index in [0.29, 0.717) is 18.5 Å². The Balaban J connectivity index is 2.11. The van der Waals surface area contributed by atoms with Crippen LogP contribution in [0.4, 0.5) is 5.69 Å². The topological polar surface area (TPSA) is 49.4 Å². The van der Waals surface area contributed by atoms with Gasteiger partial charge in [0.05, 0.1) is 5.69 Å². The summed E-state index contributed by atoms with van der Waals surface area (Å²) in [7, 11) is 0. The maximum Gasteiger partial charge on any atom is 0.240 e. The number of rotatable bonds is 7. The normalized spacial score (nSPS) is 15.2. The maximum absolute atomic E-state index is 12.8. The lowest BCUT2D eigenvalue weighted by molar-refractivity contribution is -0.142. The Kier molecular flexibility index (Phi) is 5.62. The molecule has 1 fully saturated rings. The third-order valence-corrected chi connectivity index (χ3v) is 4.68. The highest BCUT2D eigenvalue weighted by atomic mass is 79.9. The number of nitrogens with zero attached hydrogens (tertiary/aromatic N) is 1. The fourth-order valence-corrected chi connectivity index (χ4v) is 3.01. The van der Waals surface area contributed by atoms with Crippen molar-refractivity contribution in [3.8, 4) is 0 Å². The van der Waals surface area contributed by atoms with Crippen LogP contribution in [0.25, 0.3) is 0 Å². The molecule has 2 amide bonds. The Morgan fingerprint density at radius 3 is 2.27 bits per heavy atom. The summed E-state index contributed by atoms with van der Waals surface area (Å²) >= 11 is 3.42. The van der Waals surface area contributed by atoms with Crippen molar-refractivity contribution in [2.24, 2.45) is 5.41 Å². The van der Waals surface area contributed by atoms with Crippen LogP contribution in [-0.4, -0.2) is 29.8 Å². The number of benzene rings is 1. The number of anilines is 1. The summed E-state index contributed by atoms with van der Waals surface area (Å²) in [4.78, 5) is 27.2. The van der Waals surface area contributed by atoms with E-state index in [4.69, 9.17) is 0 Å². The van der Waals surface area contributed by atoms with Gasteiger partial charge in [-0.2, -0.15) is 0 Å². The van der Waals surface area contributed by atoms with E-state index < -0.39 is 5.41 Å². The van der Waals surface area contributed by atoms with Crippen molar-refractivity contribution in [2.45, 2.75) is 39.5 Å². The number of carbonyl (C=O) groups is 2. The van der Waals surface area contributed by atoms with Gasteiger partial charge in [0.25, 0.3) is 0 Å². The van der Waals surface area contributed by atoms with Gasteiger partial charge in [-0.3, -0.25) is 9.59 Å². The molecule has 0 saturated heterocycles. The fraction of sp³-hybridized carbons (Fsp3) is 0.529. The Labute approximate surface area is 140 Å². The lowest BCUT2D eigenvalue weighted by Crippen LogP contribution is -2.43. The third-order valence-electron chi connectivity index (χ3n) is 3.99. The Morgan fingerprint density at radius 2 is 1.77 bits per heavy atom. The van der Waals surface area contributed by atoms with Crippen LogP contribution in [0.15, 0.2) is 28.7 Å². The quantitative estimate of drug-likeness (QED) is 0.745. The highest BCUT2D eigenvalue weighted by molar-refractivity contribution is 9.10. The summed E-state index contributed by atoms with van der Waals surface area (Å²) < 4.78 is 0.825. The first-order valence-electron chi connectivity index (χ1n) is 7.90. The monoisotopic (exact) mass is 366 g/mol. The van der Waals surface area contributed by atoms with Crippen LogP contribution in [0.5, 0.6) is 0 Å². The molecule has 1 aromatic carbocycles. The van der Waals surface area contributed by atoms with Crippen molar-refractivity contribution < 1.29 is 9.59 Å². The van der Waals surface area contributed by atoms with Gasteiger partial charge in [0.2, 0.25) is 11.8 Å². The summed E-state index contributed by atoms with van der Waals surface area (Å²) in [6.45, 7) is 5.54. The van der Waals surface area contributed by atoms with Gasteiger partial charge in [0.1, 0.15) is 5.41 Å². The molecule has 2 rings (SSSR count). The van der Waals surface area contributed by atoms with E-state index in [1.807, 2.05) is 29.2 Å². The average Bonchev–Trinajstić information content (AvgIpc) is 3.30. The summed E-state index contributed by atoms with van der Waals surface area (Å²) in [6, 6.07) is 7.46. The minimum atomic E-state index is -0.848. The molecule has 1 saturated carbocycles. The Hall–Kier alpha value is -1.36. The first-order chi connectivity index (χ1) is 10.5. The molecule has 4 nitrogen and oxygen atoms in total. The van der Waals surface area contributed by atoms with E-state index in [1.165, 1.54) is 0 Å². The predicted molar refractivity (Wildman–Crippen MR) is 91.6 cm³/mol. The molecule has 1 N–H and O–H groups in total. The van der Waals surface area contributed by atoms with Crippen LogP contribution < -0.4 is 5.32 Å². The van der Waals surface area contributed by atoms with Gasteiger partial charge in [-0.25, -0.2) is 0 Å². The SMILES string of the molecule is CCCN(CCC)C(=O)C1(C(=O)Nc2ccccc2Br)CC1. The zero-order valence-electron chi connectivity index (χ0n) is 13.2.